The summed E-state index contributed by atoms with van der Waals surface area (Å²) in [4.78, 5) is 10.6. The van der Waals surface area contributed by atoms with E-state index in [1.165, 1.54) is 4.68 Å². The fraction of sp³-hybridized carbons (Fsp3) is 0.333. The van der Waals surface area contributed by atoms with Gasteiger partial charge in [-0.1, -0.05) is 0 Å². The van der Waals surface area contributed by atoms with Crippen LogP contribution in [0.25, 0.3) is 0 Å². The largest absolute Gasteiger partial charge is 0.476 e. The number of aromatic nitrogens is 2. The molecule has 0 amide bonds. The van der Waals surface area contributed by atoms with Gasteiger partial charge in [0.15, 0.2) is 5.69 Å². The Morgan fingerprint density at radius 2 is 2.50 bits per heavy atom. The van der Waals surface area contributed by atoms with Crippen molar-refractivity contribution in [2.45, 2.75) is 6.54 Å². The molecule has 2 heterocycles. The Bertz CT molecular complexity index is 347. The lowest BCUT2D eigenvalue weighted by Crippen LogP contribution is -2.03. The van der Waals surface area contributed by atoms with Crippen molar-refractivity contribution < 1.29 is 14.6 Å². The summed E-state index contributed by atoms with van der Waals surface area (Å²) < 4.78 is 7.11. The van der Waals surface area contributed by atoms with Gasteiger partial charge in [0.05, 0.1) is 6.54 Å². The van der Waals surface area contributed by atoms with Gasteiger partial charge in [0, 0.05) is 0 Å². The Hall–Kier alpha value is -1.04. The Labute approximate surface area is 76.1 Å². The predicted octanol–water partition coefficient (Wildman–Crippen LogP) is 0.736. The molecule has 2 rings (SSSR count). The highest BCUT2D eigenvalue weighted by Gasteiger charge is 2.24. The van der Waals surface area contributed by atoms with Crippen LogP contribution in [0.1, 0.15) is 10.5 Å². The quantitative estimate of drug-likeness (QED) is 0.776. The molecule has 0 bridgehead atoms. The molecule has 0 saturated heterocycles. The maximum atomic E-state index is 10.6. The minimum atomic E-state index is -1.05. The molecule has 0 unspecified atom stereocenters. The van der Waals surface area contributed by atoms with E-state index < -0.39 is 5.97 Å². The molecule has 1 aliphatic heterocycles. The number of ether oxygens (including phenoxy) is 1. The third kappa shape index (κ3) is 0.911. The summed E-state index contributed by atoms with van der Waals surface area (Å²) in [5.74, 6) is -0.542. The number of halogens is 1. The van der Waals surface area contributed by atoms with Crippen LogP contribution in [0, 0.1) is 0 Å². The lowest BCUT2D eigenvalue weighted by atomic mass is 10.4. The van der Waals surface area contributed by atoms with Crippen molar-refractivity contribution >= 4 is 21.9 Å². The number of aromatic carboxylic acids is 1. The van der Waals surface area contributed by atoms with Crippen LogP contribution >= 0.6 is 15.9 Å². The van der Waals surface area contributed by atoms with Gasteiger partial charge in [0.2, 0.25) is 5.88 Å². The van der Waals surface area contributed by atoms with Gasteiger partial charge in [-0.3, -0.25) is 0 Å². The highest BCUT2D eigenvalue weighted by atomic mass is 79.9. The average Bonchev–Trinajstić information content (AvgIpc) is 2.53. The molecule has 1 N–H and O–H groups in total. The predicted molar refractivity (Wildman–Crippen MR) is 42.4 cm³/mol. The second-order valence-corrected chi connectivity index (χ2v) is 3.14. The van der Waals surface area contributed by atoms with E-state index in [2.05, 4.69) is 21.0 Å². The molecule has 1 aliphatic rings. The Morgan fingerprint density at radius 3 is 3.08 bits per heavy atom. The van der Waals surface area contributed by atoms with Gasteiger partial charge < -0.3 is 9.84 Å². The highest BCUT2D eigenvalue weighted by molar-refractivity contribution is 9.10. The normalized spacial score (nSPS) is 14.1. The summed E-state index contributed by atoms with van der Waals surface area (Å²) in [6.07, 6.45) is 0. The number of fused-ring (bicyclic) bond motifs is 1. The monoisotopic (exact) mass is 232 g/mol. The van der Waals surface area contributed by atoms with Crippen LogP contribution in [0.3, 0.4) is 0 Å². The first-order valence-corrected chi connectivity index (χ1v) is 4.12. The molecule has 5 nitrogen and oxygen atoms in total. The first-order valence-electron chi connectivity index (χ1n) is 3.32. The van der Waals surface area contributed by atoms with Crippen LogP contribution in [0.4, 0.5) is 0 Å². The Morgan fingerprint density at radius 1 is 1.75 bits per heavy atom. The second kappa shape index (κ2) is 2.48. The zero-order valence-corrected chi connectivity index (χ0v) is 7.54. The van der Waals surface area contributed by atoms with Crippen molar-refractivity contribution in [3.63, 3.8) is 0 Å². The van der Waals surface area contributed by atoms with Crippen molar-refractivity contribution in [1.29, 1.82) is 0 Å². The Kier molecular flexibility index (Phi) is 1.57. The molecular weight excluding hydrogens is 228 g/mol. The SMILES string of the molecule is O=C(O)c1nn2c(c1Br)OCC2. The minimum absolute atomic E-state index is 0.00435. The standard InChI is InChI=1S/C6H5BrN2O3/c7-3-4(6(10)11)8-9-1-2-12-5(3)9/h1-2H2,(H,10,11). The van der Waals surface area contributed by atoms with Crippen molar-refractivity contribution in [2.75, 3.05) is 6.61 Å². The van der Waals surface area contributed by atoms with Crippen LogP contribution in [-0.4, -0.2) is 27.5 Å². The molecule has 0 spiro atoms. The van der Waals surface area contributed by atoms with Crippen LogP contribution in [0.15, 0.2) is 4.47 Å². The topological polar surface area (TPSA) is 64.3 Å². The van der Waals surface area contributed by atoms with E-state index in [1.54, 1.807) is 0 Å². The molecule has 0 saturated carbocycles. The summed E-state index contributed by atoms with van der Waals surface area (Å²) in [5, 5.41) is 12.5. The van der Waals surface area contributed by atoms with Crippen molar-refractivity contribution in [3.05, 3.63) is 10.2 Å². The molecule has 0 fully saturated rings. The van der Waals surface area contributed by atoms with E-state index in [4.69, 9.17) is 9.84 Å². The van der Waals surface area contributed by atoms with E-state index in [0.29, 0.717) is 23.5 Å². The van der Waals surface area contributed by atoms with Gasteiger partial charge in [-0.05, 0) is 15.9 Å². The number of hydrogen-bond acceptors (Lipinski definition) is 3. The molecule has 1 aromatic heterocycles. The lowest BCUT2D eigenvalue weighted by Gasteiger charge is -1.91. The number of carboxylic acid groups (broad SMARTS) is 1. The fourth-order valence-electron chi connectivity index (χ4n) is 1.08. The van der Waals surface area contributed by atoms with Crippen LogP contribution in [0.5, 0.6) is 5.88 Å². The lowest BCUT2D eigenvalue weighted by molar-refractivity contribution is 0.0688. The zero-order valence-electron chi connectivity index (χ0n) is 5.95. The molecule has 6 heteroatoms. The van der Waals surface area contributed by atoms with Gasteiger partial charge in [-0.25, -0.2) is 9.48 Å². The maximum Gasteiger partial charge on any atom is 0.357 e. The molecule has 64 valence electrons. The highest BCUT2D eigenvalue weighted by Crippen LogP contribution is 2.31. The third-order valence-electron chi connectivity index (χ3n) is 1.60. The van der Waals surface area contributed by atoms with Crippen LogP contribution in [0.2, 0.25) is 0 Å². The van der Waals surface area contributed by atoms with Gasteiger partial charge in [-0.15, -0.1) is 0 Å². The van der Waals surface area contributed by atoms with Gasteiger partial charge in [0.25, 0.3) is 0 Å². The summed E-state index contributed by atoms with van der Waals surface area (Å²) in [6, 6.07) is 0. The van der Waals surface area contributed by atoms with Crippen molar-refractivity contribution in [1.82, 2.24) is 9.78 Å². The molecule has 1 aromatic rings. The van der Waals surface area contributed by atoms with E-state index in [1.807, 2.05) is 0 Å². The first-order chi connectivity index (χ1) is 5.70. The fourth-order valence-corrected chi connectivity index (χ4v) is 1.65. The number of carbonyl (C=O) groups is 1. The summed E-state index contributed by atoms with van der Waals surface area (Å²) in [6.45, 7) is 1.17. The molecule has 0 radical (unpaired) electrons. The van der Waals surface area contributed by atoms with E-state index >= 15 is 0 Å². The minimum Gasteiger partial charge on any atom is -0.476 e. The zero-order chi connectivity index (χ0) is 8.72. The van der Waals surface area contributed by atoms with Crippen LogP contribution < -0.4 is 4.74 Å². The number of carboxylic acids is 1. The first kappa shape index (κ1) is 7.60. The summed E-state index contributed by atoms with van der Waals surface area (Å²) >= 11 is 3.11. The Balaban J connectivity index is 2.54. The average molecular weight is 233 g/mol. The summed E-state index contributed by atoms with van der Waals surface area (Å²) in [5.41, 5.74) is 0.00435. The third-order valence-corrected chi connectivity index (χ3v) is 2.31. The number of nitrogens with zero attached hydrogens (tertiary/aromatic N) is 2. The van der Waals surface area contributed by atoms with Crippen molar-refractivity contribution in [3.8, 4) is 5.88 Å². The van der Waals surface area contributed by atoms with Gasteiger partial charge >= 0.3 is 5.97 Å². The van der Waals surface area contributed by atoms with Crippen LogP contribution in [-0.2, 0) is 6.54 Å². The number of rotatable bonds is 1. The molecular formula is C6H5BrN2O3. The van der Waals surface area contributed by atoms with Gasteiger partial charge in [0.1, 0.15) is 11.1 Å². The molecule has 12 heavy (non-hydrogen) atoms. The summed E-state index contributed by atoms with van der Waals surface area (Å²) in [7, 11) is 0. The maximum absolute atomic E-state index is 10.6. The van der Waals surface area contributed by atoms with Gasteiger partial charge in [-0.2, -0.15) is 5.10 Å². The van der Waals surface area contributed by atoms with E-state index in [9.17, 15) is 4.79 Å². The van der Waals surface area contributed by atoms with Crippen molar-refractivity contribution in [2.24, 2.45) is 0 Å². The molecule has 0 atom stereocenters. The smallest absolute Gasteiger partial charge is 0.357 e. The van der Waals surface area contributed by atoms with E-state index in [0.717, 1.165) is 0 Å². The molecule has 0 aromatic carbocycles. The number of hydrogen-bond donors (Lipinski definition) is 1. The molecule has 0 aliphatic carbocycles. The van der Waals surface area contributed by atoms with E-state index in [-0.39, 0.29) is 5.69 Å². The second-order valence-electron chi connectivity index (χ2n) is 2.34.